The molecule has 2 aromatic rings. The molecule has 1 aliphatic heterocycles. The summed E-state index contributed by atoms with van der Waals surface area (Å²) in [4.78, 5) is 15.1. The van der Waals surface area contributed by atoms with Crippen molar-refractivity contribution in [3.05, 3.63) is 78.9 Å². The summed E-state index contributed by atoms with van der Waals surface area (Å²) >= 11 is 0. The molecule has 1 heterocycles. The van der Waals surface area contributed by atoms with Gasteiger partial charge in [0.2, 0.25) is 0 Å². The Hall–Kier alpha value is -2.85. The van der Waals surface area contributed by atoms with Crippen molar-refractivity contribution in [3.8, 4) is 11.1 Å². The molecule has 1 amide bonds. The largest absolute Gasteiger partial charge is 0.446 e. The van der Waals surface area contributed by atoms with Gasteiger partial charge in [0.15, 0.2) is 0 Å². The van der Waals surface area contributed by atoms with Gasteiger partial charge in [-0.15, -0.1) is 0 Å². The molecule has 184 valence electrons. The van der Waals surface area contributed by atoms with Crippen molar-refractivity contribution in [2.24, 2.45) is 11.3 Å². The van der Waals surface area contributed by atoms with E-state index in [0.717, 1.165) is 48.7 Å². The van der Waals surface area contributed by atoms with Crippen LogP contribution in [-0.4, -0.2) is 36.7 Å². The minimum Gasteiger partial charge on any atom is -0.446 e. The number of rotatable bonds is 10. The number of benzene rings is 2. The fourth-order valence-electron chi connectivity index (χ4n) is 5.76. The molecule has 2 unspecified atom stereocenters. The maximum absolute atomic E-state index is 12.6. The molecule has 3 aliphatic rings. The van der Waals surface area contributed by atoms with Crippen molar-refractivity contribution in [1.29, 1.82) is 0 Å². The van der Waals surface area contributed by atoms with E-state index in [1.807, 2.05) is 42.5 Å². The number of allylic oxidation sites excluding steroid dienone is 4. The molecule has 2 atom stereocenters. The second kappa shape index (κ2) is 11.3. The molecule has 0 aromatic heterocycles. The van der Waals surface area contributed by atoms with Crippen molar-refractivity contribution in [3.63, 3.8) is 0 Å². The van der Waals surface area contributed by atoms with Gasteiger partial charge < -0.3 is 9.64 Å². The molecule has 0 spiro atoms. The summed E-state index contributed by atoms with van der Waals surface area (Å²) in [6.07, 6.45) is 18.8. The Morgan fingerprint density at radius 3 is 2.54 bits per heavy atom. The van der Waals surface area contributed by atoms with Crippen molar-refractivity contribution >= 4 is 11.8 Å². The van der Waals surface area contributed by atoms with Crippen LogP contribution in [0, 0.1) is 11.3 Å². The van der Waals surface area contributed by atoms with E-state index in [0.29, 0.717) is 5.41 Å². The number of para-hydroxylation sites is 1. The number of carbonyl (C=O) groups excluding carboxylic acids is 1. The van der Waals surface area contributed by atoms with Crippen LogP contribution >= 0.6 is 0 Å². The second-order valence-corrected chi connectivity index (χ2v) is 10.4. The van der Waals surface area contributed by atoms with Crippen LogP contribution in [0.15, 0.2) is 78.9 Å². The van der Waals surface area contributed by atoms with Crippen LogP contribution in [0.5, 0.6) is 0 Å². The van der Waals surface area contributed by atoms with Gasteiger partial charge in [0, 0.05) is 18.7 Å². The molecule has 1 saturated carbocycles. The van der Waals surface area contributed by atoms with Crippen LogP contribution in [-0.2, 0) is 4.74 Å². The van der Waals surface area contributed by atoms with Crippen LogP contribution in [0.3, 0.4) is 0 Å². The quantitative estimate of drug-likeness (QED) is 0.367. The molecule has 1 saturated heterocycles. The van der Waals surface area contributed by atoms with Crippen LogP contribution in [0.1, 0.15) is 51.4 Å². The van der Waals surface area contributed by atoms with E-state index in [9.17, 15) is 4.79 Å². The Kier molecular flexibility index (Phi) is 7.68. The zero-order chi connectivity index (χ0) is 23.9. The average molecular weight is 471 g/mol. The molecule has 4 heteroatoms. The number of carbonyl (C=O) groups is 1. The molecule has 5 rings (SSSR count). The van der Waals surface area contributed by atoms with Gasteiger partial charge in [-0.25, -0.2) is 4.79 Å². The second-order valence-electron chi connectivity index (χ2n) is 10.4. The number of unbranched alkanes of at least 4 members (excludes halogenated alkanes) is 3. The van der Waals surface area contributed by atoms with Gasteiger partial charge in [-0.1, -0.05) is 92.1 Å². The Labute approximate surface area is 210 Å². The molecule has 0 bridgehead atoms. The molecule has 2 aromatic carbocycles. The lowest BCUT2D eigenvalue weighted by molar-refractivity contribution is 0.0584. The highest BCUT2D eigenvalue weighted by atomic mass is 16.6. The van der Waals surface area contributed by atoms with Crippen molar-refractivity contribution in [2.75, 3.05) is 25.0 Å². The first kappa shape index (κ1) is 23.9. The van der Waals surface area contributed by atoms with Gasteiger partial charge in [-0.3, -0.25) is 5.32 Å². The lowest BCUT2D eigenvalue weighted by atomic mass is 9.92. The Bertz CT molecular complexity index is 1040. The van der Waals surface area contributed by atoms with Gasteiger partial charge >= 0.3 is 6.09 Å². The van der Waals surface area contributed by atoms with Crippen LogP contribution < -0.4 is 5.32 Å². The number of fused-ring (bicyclic) bond motifs is 1. The number of hydrogen-bond donors (Lipinski definition) is 1. The summed E-state index contributed by atoms with van der Waals surface area (Å²) in [5.41, 5.74) is 3.40. The number of hydrogen-bond acceptors (Lipinski definition) is 3. The lowest BCUT2D eigenvalue weighted by Crippen LogP contribution is -2.38. The molecule has 2 fully saturated rings. The summed E-state index contributed by atoms with van der Waals surface area (Å²) in [5.74, 6) is 0.830. The van der Waals surface area contributed by atoms with Crippen molar-refractivity contribution in [1.82, 2.24) is 4.90 Å². The number of nitrogens with zero attached hydrogens (tertiary/aromatic N) is 1. The van der Waals surface area contributed by atoms with Gasteiger partial charge in [0.25, 0.3) is 0 Å². The molecular formula is C31H38N2O2. The van der Waals surface area contributed by atoms with Crippen molar-refractivity contribution < 1.29 is 9.53 Å². The van der Waals surface area contributed by atoms with E-state index in [1.165, 1.54) is 45.1 Å². The van der Waals surface area contributed by atoms with Crippen molar-refractivity contribution in [2.45, 2.75) is 57.5 Å². The average Bonchev–Trinajstić information content (AvgIpc) is 3.63. The third kappa shape index (κ3) is 6.24. The Morgan fingerprint density at radius 1 is 0.943 bits per heavy atom. The maximum atomic E-state index is 12.6. The van der Waals surface area contributed by atoms with Gasteiger partial charge in [0.05, 0.1) is 5.69 Å². The number of nitrogens with one attached hydrogen (secondary N) is 1. The number of amides is 1. The first-order valence-electron chi connectivity index (χ1n) is 13.4. The summed E-state index contributed by atoms with van der Waals surface area (Å²) in [5, 5.41) is 2.97. The highest BCUT2D eigenvalue weighted by Gasteiger charge is 2.50. The van der Waals surface area contributed by atoms with E-state index in [-0.39, 0.29) is 12.2 Å². The molecule has 4 nitrogen and oxygen atoms in total. The minimum atomic E-state index is -0.354. The Morgan fingerprint density at radius 2 is 1.71 bits per heavy atom. The van der Waals surface area contributed by atoms with Gasteiger partial charge in [0.1, 0.15) is 6.10 Å². The number of anilines is 1. The lowest BCUT2D eigenvalue weighted by Gasteiger charge is -2.31. The van der Waals surface area contributed by atoms with Crippen LogP contribution in [0.4, 0.5) is 10.5 Å². The normalized spacial score (nSPS) is 23.6. The smallest absolute Gasteiger partial charge is 0.411 e. The first-order valence-corrected chi connectivity index (χ1v) is 13.4. The molecule has 2 aliphatic carbocycles. The summed E-state index contributed by atoms with van der Waals surface area (Å²) in [6.45, 7) is 3.20. The topological polar surface area (TPSA) is 41.6 Å². The summed E-state index contributed by atoms with van der Waals surface area (Å²) in [6, 6.07) is 18.0. The van der Waals surface area contributed by atoms with Crippen LogP contribution in [0.25, 0.3) is 11.1 Å². The third-order valence-electron chi connectivity index (χ3n) is 7.98. The standard InChI is InChI=1S/C31H38N2O2/c34-30(32-29-16-7-6-15-28(29)25-12-4-3-5-13-25)35-27-17-22-33(23-18-27)21-11-2-1-9-19-31-20-10-8-14-26(31)24-31/h3-8,10,12-16,20,26-27H,1-2,9,11,17-19,21-24H2,(H,32,34). The first-order chi connectivity index (χ1) is 17.2. The third-order valence-corrected chi connectivity index (χ3v) is 7.98. The van der Waals surface area contributed by atoms with E-state index in [2.05, 4.69) is 46.7 Å². The molecular weight excluding hydrogens is 432 g/mol. The summed E-state index contributed by atoms with van der Waals surface area (Å²) in [7, 11) is 0. The molecule has 35 heavy (non-hydrogen) atoms. The highest BCUT2D eigenvalue weighted by Crippen LogP contribution is 2.59. The maximum Gasteiger partial charge on any atom is 0.411 e. The van der Waals surface area contributed by atoms with E-state index >= 15 is 0 Å². The van der Waals surface area contributed by atoms with Crippen LogP contribution in [0.2, 0.25) is 0 Å². The predicted octanol–water partition coefficient (Wildman–Crippen LogP) is 7.45. The number of ether oxygens (including phenoxy) is 1. The number of piperidine rings is 1. The SMILES string of the molecule is O=C(Nc1ccccc1-c1ccccc1)OC1CCN(CCCCCCC23C=CC=CC2C3)CC1. The monoisotopic (exact) mass is 470 g/mol. The summed E-state index contributed by atoms with van der Waals surface area (Å²) < 4.78 is 5.78. The van der Waals surface area contributed by atoms with E-state index in [1.54, 1.807) is 0 Å². The van der Waals surface area contributed by atoms with E-state index < -0.39 is 0 Å². The predicted molar refractivity (Wildman–Crippen MR) is 143 cm³/mol. The van der Waals surface area contributed by atoms with Gasteiger partial charge in [-0.05, 0) is 61.6 Å². The van der Waals surface area contributed by atoms with E-state index in [4.69, 9.17) is 4.74 Å². The fraction of sp³-hybridized carbons (Fsp3) is 0.452. The fourth-order valence-corrected chi connectivity index (χ4v) is 5.76. The minimum absolute atomic E-state index is 0.00141. The Balaban J connectivity index is 0.970. The van der Waals surface area contributed by atoms with Gasteiger partial charge in [-0.2, -0.15) is 0 Å². The highest BCUT2D eigenvalue weighted by molar-refractivity contribution is 5.91. The number of likely N-dealkylation sites (tertiary alicyclic amines) is 1. The molecule has 0 radical (unpaired) electrons. The zero-order valence-electron chi connectivity index (χ0n) is 20.7. The zero-order valence-corrected chi connectivity index (χ0v) is 20.7. The molecule has 1 N–H and O–H groups in total.